The van der Waals surface area contributed by atoms with Crippen LogP contribution >= 0.6 is 0 Å². The number of hydrogen-bond donors (Lipinski definition) is 1. The SMILES string of the molecule is CCc1nc(COc2ccc(C(=O)N3CC[C@@H]4CNC[C@@H]4CC3)cc2)no1. The van der Waals surface area contributed by atoms with Crippen molar-refractivity contribution in [1.29, 1.82) is 0 Å². The van der Waals surface area contributed by atoms with Crippen molar-refractivity contribution in [2.45, 2.75) is 32.8 Å². The predicted octanol–water partition coefficient (Wildman–Crippen LogP) is 2.28. The Morgan fingerprint density at radius 3 is 2.56 bits per heavy atom. The summed E-state index contributed by atoms with van der Waals surface area (Å²) >= 11 is 0. The fourth-order valence-electron chi connectivity index (χ4n) is 3.94. The molecule has 2 aliphatic heterocycles. The number of likely N-dealkylation sites (tertiary alicyclic amines) is 1. The van der Waals surface area contributed by atoms with Crippen molar-refractivity contribution in [3.05, 3.63) is 41.5 Å². The van der Waals surface area contributed by atoms with E-state index >= 15 is 0 Å². The van der Waals surface area contributed by atoms with Crippen LogP contribution in [0.4, 0.5) is 0 Å². The van der Waals surface area contributed by atoms with Gasteiger partial charge in [-0.05, 0) is 62.0 Å². The maximum Gasteiger partial charge on any atom is 0.253 e. The van der Waals surface area contributed by atoms with Gasteiger partial charge in [0.2, 0.25) is 11.7 Å². The molecule has 2 aromatic rings. The van der Waals surface area contributed by atoms with Crippen LogP contribution < -0.4 is 10.1 Å². The number of aryl methyl sites for hydroxylation is 1. The molecule has 0 bridgehead atoms. The molecular weight excluding hydrogens is 344 g/mol. The number of aromatic nitrogens is 2. The molecule has 0 radical (unpaired) electrons. The number of carbonyl (C=O) groups is 1. The number of hydrogen-bond acceptors (Lipinski definition) is 6. The Balaban J connectivity index is 1.33. The number of fused-ring (bicyclic) bond motifs is 1. The Morgan fingerprint density at radius 2 is 1.93 bits per heavy atom. The molecule has 0 unspecified atom stereocenters. The van der Waals surface area contributed by atoms with Crippen molar-refractivity contribution >= 4 is 5.91 Å². The van der Waals surface area contributed by atoms with Gasteiger partial charge in [0.1, 0.15) is 5.75 Å². The van der Waals surface area contributed by atoms with Gasteiger partial charge in [0.05, 0.1) is 0 Å². The average molecular weight is 370 g/mol. The van der Waals surface area contributed by atoms with E-state index in [0.29, 0.717) is 29.4 Å². The molecule has 4 rings (SSSR count). The highest BCUT2D eigenvalue weighted by Crippen LogP contribution is 2.28. The van der Waals surface area contributed by atoms with Crippen LogP contribution in [0.25, 0.3) is 0 Å². The molecule has 27 heavy (non-hydrogen) atoms. The lowest BCUT2D eigenvalue weighted by atomic mass is 9.92. The van der Waals surface area contributed by atoms with E-state index in [2.05, 4.69) is 15.5 Å². The van der Waals surface area contributed by atoms with E-state index in [4.69, 9.17) is 9.26 Å². The number of nitrogens with zero attached hydrogens (tertiary/aromatic N) is 3. The van der Waals surface area contributed by atoms with Crippen LogP contribution in [-0.2, 0) is 13.0 Å². The third kappa shape index (κ3) is 4.13. The summed E-state index contributed by atoms with van der Waals surface area (Å²) in [7, 11) is 0. The van der Waals surface area contributed by atoms with Crippen molar-refractivity contribution in [2.75, 3.05) is 26.2 Å². The topological polar surface area (TPSA) is 80.5 Å². The highest BCUT2D eigenvalue weighted by molar-refractivity contribution is 5.94. The third-order valence-electron chi connectivity index (χ3n) is 5.59. The third-order valence-corrected chi connectivity index (χ3v) is 5.59. The Labute approximate surface area is 159 Å². The summed E-state index contributed by atoms with van der Waals surface area (Å²) in [6.45, 7) is 6.09. The van der Waals surface area contributed by atoms with Gasteiger partial charge in [0.25, 0.3) is 5.91 Å². The van der Waals surface area contributed by atoms with Crippen molar-refractivity contribution in [2.24, 2.45) is 11.8 Å². The van der Waals surface area contributed by atoms with Crippen molar-refractivity contribution in [1.82, 2.24) is 20.4 Å². The Bertz CT molecular complexity index is 760. The van der Waals surface area contributed by atoms with Crippen molar-refractivity contribution in [3.8, 4) is 5.75 Å². The standard InChI is InChI=1S/C20H26N4O3/c1-2-19-22-18(23-27-19)13-26-17-5-3-14(4-6-17)20(25)24-9-7-15-11-21-12-16(15)8-10-24/h3-6,15-16,21H,2,7-13H2,1H3/t15-,16+. The molecule has 0 aliphatic carbocycles. The van der Waals surface area contributed by atoms with Gasteiger partial charge in [-0.15, -0.1) is 0 Å². The zero-order chi connectivity index (χ0) is 18.6. The fraction of sp³-hybridized carbons (Fsp3) is 0.550. The van der Waals surface area contributed by atoms with Crippen LogP contribution in [0, 0.1) is 11.8 Å². The first-order valence-electron chi connectivity index (χ1n) is 9.77. The maximum atomic E-state index is 12.8. The van der Waals surface area contributed by atoms with Crippen LogP contribution in [0.15, 0.2) is 28.8 Å². The number of ether oxygens (including phenoxy) is 1. The largest absolute Gasteiger partial charge is 0.485 e. The molecule has 3 heterocycles. The Kier molecular flexibility index (Phi) is 5.38. The van der Waals surface area contributed by atoms with Crippen LogP contribution in [-0.4, -0.2) is 47.1 Å². The van der Waals surface area contributed by atoms with Gasteiger partial charge in [0.15, 0.2) is 6.61 Å². The van der Waals surface area contributed by atoms with Gasteiger partial charge in [-0.3, -0.25) is 4.79 Å². The van der Waals surface area contributed by atoms with Gasteiger partial charge in [-0.2, -0.15) is 4.98 Å². The van der Waals surface area contributed by atoms with Crippen LogP contribution in [0.3, 0.4) is 0 Å². The smallest absolute Gasteiger partial charge is 0.253 e. The molecule has 2 aliphatic rings. The Hall–Kier alpha value is -2.41. The predicted molar refractivity (Wildman–Crippen MR) is 99.4 cm³/mol. The van der Waals surface area contributed by atoms with Gasteiger partial charge >= 0.3 is 0 Å². The van der Waals surface area contributed by atoms with Crippen LogP contribution in [0.5, 0.6) is 5.75 Å². The quantitative estimate of drug-likeness (QED) is 0.870. The minimum Gasteiger partial charge on any atom is -0.485 e. The monoisotopic (exact) mass is 370 g/mol. The minimum absolute atomic E-state index is 0.111. The summed E-state index contributed by atoms with van der Waals surface area (Å²) in [5.74, 6) is 3.36. The average Bonchev–Trinajstić information content (AvgIpc) is 3.31. The lowest BCUT2D eigenvalue weighted by Crippen LogP contribution is -2.32. The summed E-state index contributed by atoms with van der Waals surface area (Å²) in [6.07, 6.45) is 2.89. The molecule has 1 N–H and O–H groups in total. The van der Waals surface area contributed by atoms with E-state index in [1.807, 2.05) is 36.1 Å². The highest BCUT2D eigenvalue weighted by Gasteiger charge is 2.31. The summed E-state index contributed by atoms with van der Waals surface area (Å²) < 4.78 is 10.7. The molecule has 2 saturated heterocycles. The number of amides is 1. The first kappa shape index (κ1) is 18.0. The second kappa shape index (κ2) is 8.08. The first-order valence-corrected chi connectivity index (χ1v) is 9.77. The first-order chi connectivity index (χ1) is 13.2. The molecule has 144 valence electrons. The van der Waals surface area contributed by atoms with Gasteiger partial charge < -0.3 is 19.5 Å². The van der Waals surface area contributed by atoms with E-state index in [1.54, 1.807) is 0 Å². The normalized spacial score (nSPS) is 22.3. The second-order valence-electron chi connectivity index (χ2n) is 7.32. The zero-order valence-electron chi connectivity index (χ0n) is 15.7. The van der Waals surface area contributed by atoms with E-state index in [0.717, 1.165) is 50.9 Å². The highest BCUT2D eigenvalue weighted by atomic mass is 16.5. The molecule has 1 amide bonds. The fourth-order valence-corrected chi connectivity index (χ4v) is 3.94. The number of benzene rings is 1. The minimum atomic E-state index is 0.111. The van der Waals surface area contributed by atoms with Gasteiger partial charge in [0, 0.05) is 25.1 Å². The van der Waals surface area contributed by atoms with Gasteiger partial charge in [-0.25, -0.2) is 0 Å². The molecule has 1 aromatic carbocycles. The van der Waals surface area contributed by atoms with E-state index in [-0.39, 0.29) is 12.5 Å². The summed E-state index contributed by atoms with van der Waals surface area (Å²) in [5, 5.41) is 7.34. The summed E-state index contributed by atoms with van der Waals surface area (Å²) in [5.41, 5.74) is 0.709. The van der Waals surface area contributed by atoms with Crippen LogP contribution in [0.1, 0.15) is 41.8 Å². The molecule has 7 heteroatoms. The summed E-state index contributed by atoms with van der Waals surface area (Å²) in [6, 6.07) is 7.31. The number of nitrogens with one attached hydrogen (secondary N) is 1. The molecule has 1 aromatic heterocycles. The van der Waals surface area contributed by atoms with Gasteiger partial charge in [-0.1, -0.05) is 12.1 Å². The maximum absolute atomic E-state index is 12.8. The molecule has 2 fully saturated rings. The molecular formula is C20H26N4O3. The lowest BCUT2D eigenvalue weighted by molar-refractivity contribution is 0.0758. The van der Waals surface area contributed by atoms with E-state index < -0.39 is 0 Å². The molecule has 2 atom stereocenters. The summed E-state index contributed by atoms with van der Waals surface area (Å²) in [4.78, 5) is 19.1. The lowest BCUT2D eigenvalue weighted by Gasteiger charge is -2.21. The second-order valence-corrected chi connectivity index (χ2v) is 7.32. The van der Waals surface area contributed by atoms with Crippen molar-refractivity contribution in [3.63, 3.8) is 0 Å². The van der Waals surface area contributed by atoms with Crippen LogP contribution in [0.2, 0.25) is 0 Å². The molecule has 7 nitrogen and oxygen atoms in total. The van der Waals surface area contributed by atoms with E-state index in [1.165, 1.54) is 0 Å². The van der Waals surface area contributed by atoms with E-state index in [9.17, 15) is 4.79 Å². The Morgan fingerprint density at radius 1 is 1.22 bits per heavy atom. The molecule has 0 saturated carbocycles. The van der Waals surface area contributed by atoms with Crippen molar-refractivity contribution < 1.29 is 14.1 Å². The zero-order valence-corrected chi connectivity index (χ0v) is 15.7. The molecule has 0 spiro atoms. The number of carbonyl (C=O) groups excluding carboxylic acids is 1. The number of rotatable bonds is 5.